The molecule has 5 fully saturated rings. The number of carbonyl (C=O) groups excluding carboxylic acids is 4. The van der Waals surface area contributed by atoms with E-state index in [-0.39, 0.29) is 47.8 Å². The lowest BCUT2D eigenvalue weighted by atomic mass is 10.1. The fraction of sp³-hybridized carbons (Fsp3) is 0.878. The highest BCUT2D eigenvalue weighted by Crippen LogP contribution is 2.23. The van der Waals surface area contributed by atoms with Crippen LogP contribution in [0.25, 0.3) is 0 Å². The van der Waals surface area contributed by atoms with E-state index in [2.05, 4.69) is 17.7 Å². The molecule has 0 radical (unpaired) electrons. The summed E-state index contributed by atoms with van der Waals surface area (Å²) in [5.41, 5.74) is -1.38. The summed E-state index contributed by atoms with van der Waals surface area (Å²) < 4.78 is 90.4. The van der Waals surface area contributed by atoms with E-state index in [1.807, 2.05) is 48.6 Å². The van der Waals surface area contributed by atoms with Gasteiger partial charge < -0.3 is 43.8 Å². The number of hydrogen-bond acceptors (Lipinski definition) is 11. The average molecular weight is 1130 g/mol. The Labute approximate surface area is 430 Å². The van der Waals surface area contributed by atoms with Gasteiger partial charge in [-0.1, -0.05) is 35.4 Å². The number of rotatable bonds is 9. The molecule has 1 N–H and O–H groups in total. The van der Waals surface area contributed by atoms with Crippen LogP contribution in [0.3, 0.4) is 0 Å². The monoisotopic (exact) mass is 1130 g/mol. The molecule has 70 heavy (non-hydrogen) atoms. The highest BCUT2D eigenvalue weighted by atomic mass is 127. The molecule has 21 heteroatoms. The van der Waals surface area contributed by atoms with Gasteiger partial charge in [0.05, 0.1) is 17.5 Å². The van der Waals surface area contributed by atoms with Crippen LogP contribution in [0, 0.1) is 18.3 Å². The standard InChI is InChI=1S/C12H22F2N2O2.C10H20N2O2.C10H17NO3.C8H15F2N.C4H8O.C3H4.C2H3F2I/c1-12(2,3)18-11(17)16-6-5-9(7-16)15(4)8-10(13)14;1-10(2,3)14-9(13)12-6-5-8(7-12)11-4;1-10(2,3)14-9(13)11-5-4-8(6-11)7-12;1-11(6-8(9)10)7-4-2-3-5-7;1-2-4-5-3-1;1-3-2;3-2(4)1-5/h9-10H,5-8H2,1-4H3;8,11H,5-7H2,1-4H3;7-8H,4-6H2,1-3H3;7-8H,2-6H2,1H3;1-4H2;1H,2H3;2H,1H2. The lowest BCUT2D eigenvalue weighted by Gasteiger charge is -2.26. The molecule has 1 saturated carbocycles. The first-order valence-electron chi connectivity index (χ1n) is 24.2. The van der Waals surface area contributed by atoms with Gasteiger partial charge in [-0.2, -0.15) is 0 Å². The van der Waals surface area contributed by atoms with E-state index in [1.165, 1.54) is 25.7 Å². The van der Waals surface area contributed by atoms with Crippen LogP contribution >= 0.6 is 22.6 Å². The second kappa shape index (κ2) is 37.0. The maximum absolute atomic E-state index is 12.3. The van der Waals surface area contributed by atoms with Gasteiger partial charge in [0.2, 0.25) is 6.43 Å². The summed E-state index contributed by atoms with van der Waals surface area (Å²) in [6.45, 7) is 23.6. The molecule has 5 rings (SSSR count). The van der Waals surface area contributed by atoms with Crippen molar-refractivity contribution >= 4 is 47.2 Å². The molecule has 0 spiro atoms. The van der Waals surface area contributed by atoms with Crippen molar-refractivity contribution in [2.75, 3.05) is 91.1 Å². The minimum atomic E-state index is -2.34. The minimum Gasteiger partial charge on any atom is -0.444 e. The van der Waals surface area contributed by atoms with Crippen molar-refractivity contribution in [3.8, 4) is 12.3 Å². The summed E-state index contributed by atoms with van der Waals surface area (Å²) in [5, 5.41) is 3.16. The molecule has 3 atom stereocenters. The Morgan fingerprint density at radius 2 is 1.04 bits per heavy atom. The fourth-order valence-electron chi connectivity index (χ4n) is 7.06. The van der Waals surface area contributed by atoms with Crippen LogP contribution < -0.4 is 5.32 Å². The summed E-state index contributed by atoms with van der Waals surface area (Å²) in [4.78, 5) is 53.7. The number of likely N-dealkylation sites (tertiary alicyclic amines) is 3. The van der Waals surface area contributed by atoms with Gasteiger partial charge in [-0.05, 0) is 135 Å². The third-order valence-electron chi connectivity index (χ3n) is 10.5. The molecule has 3 amide bonds. The van der Waals surface area contributed by atoms with Crippen LogP contribution in [0.5, 0.6) is 0 Å². The fourth-order valence-corrected chi connectivity index (χ4v) is 7.06. The van der Waals surface area contributed by atoms with Crippen molar-refractivity contribution in [1.82, 2.24) is 29.8 Å². The first-order chi connectivity index (χ1) is 32.4. The lowest BCUT2D eigenvalue weighted by molar-refractivity contribution is -0.110. The smallest absolute Gasteiger partial charge is 0.410 e. The van der Waals surface area contributed by atoms with Crippen molar-refractivity contribution < 1.29 is 64.5 Å². The third kappa shape index (κ3) is 37.0. The van der Waals surface area contributed by atoms with Crippen LogP contribution in [0.15, 0.2) is 0 Å². The van der Waals surface area contributed by atoms with Gasteiger partial charge in [0.15, 0.2) is 0 Å². The van der Waals surface area contributed by atoms with Crippen LogP contribution in [-0.4, -0.2) is 194 Å². The number of terminal acetylenes is 1. The minimum absolute atomic E-state index is 0.00785. The molecule has 4 saturated heterocycles. The number of halogens is 7. The first kappa shape index (κ1) is 69.3. The highest BCUT2D eigenvalue weighted by molar-refractivity contribution is 14.1. The molecule has 3 unspecified atom stereocenters. The molecule has 0 aromatic rings. The number of nitrogens with zero attached hydrogens (tertiary/aromatic N) is 5. The molecular formula is C49H89F6IN6O8. The summed E-state index contributed by atoms with van der Waals surface area (Å²) in [6, 6.07) is 0.832. The summed E-state index contributed by atoms with van der Waals surface area (Å²) >= 11 is 1.63. The van der Waals surface area contributed by atoms with Crippen LogP contribution in [0.4, 0.5) is 40.7 Å². The number of ether oxygens (including phenoxy) is 4. The molecule has 5 aliphatic rings. The Bertz CT molecular complexity index is 1450. The molecule has 0 aromatic heterocycles. The number of carbonyl (C=O) groups is 4. The average Bonchev–Trinajstić information content (AvgIpc) is 4.09. The molecule has 0 aromatic carbocycles. The van der Waals surface area contributed by atoms with E-state index < -0.39 is 36.1 Å². The SMILES string of the molecule is C#CC.C1CCOC1.CC(C)(C)OC(=O)N1CCC(C=O)C1.CN(CC(F)F)C1CCCC1.CN(CC(F)F)C1CCN(C(=O)OC(C)(C)C)C1.CNC1CCN(C(=O)OC(C)(C)C)C1.FC(F)CI. The first-order valence-corrected chi connectivity index (χ1v) is 25.8. The predicted octanol–water partition coefficient (Wildman–Crippen LogP) is 10.1. The number of nitrogens with one attached hydrogen (secondary N) is 1. The van der Waals surface area contributed by atoms with E-state index in [9.17, 15) is 45.5 Å². The summed E-state index contributed by atoms with van der Waals surface area (Å²) in [7, 11) is 5.38. The maximum Gasteiger partial charge on any atom is 0.410 e. The van der Waals surface area contributed by atoms with Crippen LogP contribution in [-0.2, 0) is 23.7 Å². The number of amides is 3. The van der Waals surface area contributed by atoms with Gasteiger partial charge in [-0.3, -0.25) is 9.80 Å². The number of hydrogen-bond donors (Lipinski definition) is 1. The molecular weight excluding hydrogens is 1040 g/mol. The summed E-state index contributed by atoms with van der Waals surface area (Å²) in [5.74, 6) is 2.24. The highest BCUT2D eigenvalue weighted by Gasteiger charge is 2.33. The maximum atomic E-state index is 12.3. The lowest BCUT2D eigenvalue weighted by Crippen LogP contribution is -2.40. The van der Waals surface area contributed by atoms with Gasteiger partial charge in [-0.25, -0.2) is 40.7 Å². The number of alkyl halides is 7. The number of aldehydes is 1. The molecule has 0 bridgehead atoms. The van der Waals surface area contributed by atoms with E-state index in [1.54, 1.807) is 88.9 Å². The molecule has 4 heterocycles. The Morgan fingerprint density at radius 3 is 1.36 bits per heavy atom. The van der Waals surface area contributed by atoms with E-state index in [4.69, 9.17) is 18.9 Å². The Morgan fingerprint density at radius 1 is 0.671 bits per heavy atom. The zero-order valence-electron chi connectivity index (χ0n) is 44.5. The predicted molar refractivity (Wildman–Crippen MR) is 272 cm³/mol. The van der Waals surface area contributed by atoms with Gasteiger partial charge >= 0.3 is 18.3 Å². The van der Waals surface area contributed by atoms with E-state index in [0.717, 1.165) is 58.3 Å². The second-order valence-corrected chi connectivity index (χ2v) is 21.3. The Hall–Kier alpha value is -2.81. The third-order valence-corrected chi connectivity index (χ3v) is 11.2. The van der Waals surface area contributed by atoms with Crippen LogP contribution in [0.1, 0.15) is 127 Å². The summed E-state index contributed by atoms with van der Waals surface area (Å²) in [6.07, 6.45) is 7.61. The van der Waals surface area contributed by atoms with Gasteiger partial charge in [-0.15, -0.1) is 12.3 Å². The molecule has 1 aliphatic carbocycles. The van der Waals surface area contributed by atoms with Crippen molar-refractivity contribution in [3.63, 3.8) is 0 Å². The van der Waals surface area contributed by atoms with Gasteiger partial charge in [0.25, 0.3) is 12.9 Å². The molecule has 4 aliphatic heterocycles. The van der Waals surface area contributed by atoms with Crippen molar-refractivity contribution in [1.29, 1.82) is 0 Å². The van der Waals surface area contributed by atoms with Gasteiger partial charge in [0, 0.05) is 76.5 Å². The quantitative estimate of drug-likeness (QED) is 0.0591. The molecule has 412 valence electrons. The van der Waals surface area contributed by atoms with E-state index in [0.29, 0.717) is 44.7 Å². The van der Waals surface area contributed by atoms with Crippen molar-refractivity contribution in [2.45, 2.75) is 181 Å². The zero-order chi connectivity index (χ0) is 54.3. The normalized spacial score (nSPS) is 20.1. The zero-order valence-corrected chi connectivity index (χ0v) is 46.6. The topological polar surface area (TPSA) is 133 Å². The second-order valence-electron chi connectivity index (χ2n) is 20.4. The number of likely N-dealkylation sites (N-methyl/N-ethyl adjacent to an activating group) is 2. The van der Waals surface area contributed by atoms with Crippen molar-refractivity contribution in [2.24, 2.45) is 5.92 Å². The Balaban J connectivity index is 0. The Kier molecular flexibility index (Phi) is 36.6. The van der Waals surface area contributed by atoms with E-state index >= 15 is 0 Å². The van der Waals surface area contributed by atoms with Gasteiger partial charge in [0.1, 0.15) is 23.1 Å². The van der Waals surface area contributed by atoms with Crippen LogP contribution in [0.2, 0.25) is 0 Å². The largest absolute Gasteiger partial charge is 0.444 e. The van der Waals surface area contributed by atoms with Crippen molar-refractivity contribution in [3.05, 3.63) is 0 Å². The molecule has 14 nitrogen and oxygen atoms in total.